The minimum Gasteiger partial charge on any atom is -0.352 e. The Morgan fingerprint density at radius 1 is 1.35 bits per heavy atom. The van der Waals surface area contributed by atoms with Gasteiger partial charge in [0.2, 0.25) is 5.91 Å². The number of hydrogen-bond acceptors (Lipinski definition) is 2. The van der Waals surface area contributed by atoms with E-state index in [1.54, 1.807) is 0 Å². The summed E-state index contributed by atoms with van der Waals surface area (Å²) in [5, 5.41) is 6.45. The number of carbonyl (C=O) groups excluding carboxylic acids is 1. The first-order chi connectivity index (χ1) is 9.79. The van der Waals surface area contributed by atoms with Gasteiger partial charge in [-0.05, 0) is 55.8 Å². The molecular weight excluding hydrogens is 248 g/mol. The van der Waals surface area contributed by atoms with Crippen LogP contribution in [-0.4, -0.2) is 19.0 Å². The summed E-state index contributed by atoms with van der Waals surface area (Å²) in [6.07, 6.45) is 5.18. The fourth-order valence-corrected chi connectivity index (χ4v) is 2.86. The Morgan fingerprint density at radius 3 is 2.85 bits per heavy atom. The Bertz CT molecular complexity index is 425. The van der Waals surface area contributed by atoms with Crippen molar-refractivity contribution in [2.45, 2.75) is 45.6 Å². The van der Waals surface area contributed by atoms with E-state index in [4.69, 9.17) is 0 Å². The van der Waals surface area contributed by atoms with E-state index in [9.17, 15) is 4.79 Å². The molecule has 0 bridgehead atoms. The van der Waals surface area contributed by atoms with Crippen molar-refractivity contribution in [2.24, 2.45) is 5.92 Å². The molecule has 20 heavy (non-hydrogen) atoms. The third kappa shape index (κ3) is 4.64. The molecular formula is C17H26N2O. The van der Waals surface area contributed by atoms with E-state index in [0.717, 1.165) is 25.9 Å². The van der Waals surface area contributed by atoms with Crippen LogP contribution in [0.4, 0.5) is 0 Å². The summed E-state index contributed by atoms with van der Waals surface area (Å²) in [5.74, 6) is 0.860. The summed E-state index contributed by atoms with van der Waals surface area (Å²) in [5.41, 5.74) is 2.56. The van der Waals surface area contributed by atoms with Crippen molar-refractivity contribution in [3.8, 4) is 0 Å². The molecule has 1 atom stereocenters. The molecule has 1 unspecified atom stereocenters. The van der Waals surface area contributed by atoms with Crippen LogP contribution in [0.3, 0.4) is 0 Å². The monoisotopic (exact) mass is 274 g/mol. The normalized spacial score (nSPS) is 18.8. The van der Waals surface area contributed by atoms with E-state index in [1.807, 2.05) is 6.07 Å². The molecule has 2 N–H and O–H groups in total. The van der Waals surface area contributed by atoms with E-state index in [-0.39, 0.29) is 5.91 Å². The van der Waals surface area contributed by atoms with Crippen molar-refractivity contribution in [3.05, 3.63) is 35.4 Å². The summed E-state index contributed by atoms with van der Waals surface area (Å²) >= 11 is 0. The van der Waals surface area contributed by atoms with Gasteiger partial charge in [-0.3, -0.25) is 4.79 Å². The molecule has 1 aromatic rings. The first-order valence-electron chi connectivity index (χ1n) is 7.83. The maximum Gasteiger partial charge on any atom is 0.220 e. The third-order valence-electron chi connectivity index (χ3n) is 4.15. The van der Waals surface area contributed by atoms with E-state index in [1.165, 1.54) is 24.0 Å². The number of benzene rings is 1. The van der Waals surface area contributed by atoms with Crippen LogP contribution in [0, 0.1) is 5.92 Å². The molecule has 1 saturated heterocycles. The smallest absolute Gasteiger partial charge is 0.220 e. The number of amides is 1. The van der Waals surface area contributed by atoms with Gasteiger partial charge in [0, 0.05) is 13.0 Å². The Balaban J connectivity index is 1.71. The van der Waals surface area contributed by atoms with Crippen LogP contribution in [0.25, 0.3) is 0 Å². The molecule has 0 aliphatic carbocycles. The fourth-order valence-electron chi connectivity index (χ4n) is 2.86. The minimum absolute atomic E-state index is 0.182. The first-order valence-corrected chi connectivity index (χ1v) is 7.83. The van der Waals surface area contributed by atoms with Crippen molar-refractivity contribution in [2.75, 3.05) is 13.1 Å². The highest BCUT2D eigenvalue weighted by Crippen LogP contribution is 2.16. The Hall–Kier alpha value is -1.35. The van der Waals surface area contributed by atoms with Gasteiger partial charge in [-0.2, -0.15) is 0 Å². The van der Waals surface area contributed by atoms with Gasteiger partial charge in [0.25, 0.3) is 0 Å². The standard InChI is InChI=1S/C17H26N2O/c1-2-15-7-3-4-8-16(15)13-19-17(20)10-9-14-6-5-11-18-12-14/h3-4,7-8,14,18H,2,5-6,9-13H2,1H3,(H,19,20). The summed E-state index contributed by atoms with van der Waals surface area (Å²) in [7, 11) is 0. The predicted octanol–water partition coefficient (Wildman–Crippen LogP) is 2.65. The van der Waals surface area contributed by atoms with Gasteiger partial charge >= 0.3 is 0 Å². The molecule has 1 aromatic carbocycles. The Labute approximate surface area is 122 Å². The number of hydrogen-bond donors (Lipinski definition) is 2. The lowest BCUT2D eigenvalue weighted by molar-refractivity contribution is -0.121. The highest BCUT2D eigenvalue weighted by molar-refractivity contribution is 5.75. The van der Waals surface area contributed by atoms with Crippen LogP contribution >= 0.6 is 0 Å². The van der Waals surface area contributed by atoms with Crippen molar-refractivity contribution >= 4 is 5.91 Å². The van der Waals surface area contributed by atoms with E-state index in [0.29, 0.717) is 18.9 Å². The maximum absolute atomic E-state index is 11.9. The highest BCUT2D eigenvalue weighted by atomic mass is 16.1. The zero-order valence-electron chi connectivity index (χ0n) is 12.5. The first kappa shape index (κ1) is 15.0. The largest absolute Gasteiger partial charge is 0.352 e. The van der Waals surface area contributed by atoms with Gasteiger partial charge in [-0.1, -0.05) is 31.2 Å². The van der Waals surface area contributed by atoms with E-state index >= 15 is 0 Å². The lowest BCUT2D eigenvalue weighted by Crippen LogP contribution is -2.31. The van der Waals surface area contributed by atoms with Crippen molar-refractivity contribution in [1.29, 1.82) is 0 Å². The molecule has 2 rings (SSSR count). The maximum atomic E-state index is 11.9. The molecule has 0 aromatic heterocycles. The van der Waals surface area contributed by atoms with Crippen LogP contribution in [0.15, 0.2) is 24.3 Å². The average Bonchev–Trinajstić information content (AvgIpc) is 2.52. The molecule has 3 heteroatoms. The SMILES string of the molecule is CCc1ccccc1CNC(=O)CCC1CCCNC1. The zero-order chi connectivity index (χ0) is 14.2. The fraction of sp³-hybridized carbons (Fsp3) is 0.588. The van der Waals surface area contributed by atoms with Crippen LogP contribution < -0.4 is 10.6 Å². The van der Waals surface area contributed by atoms with Gasteiger partial charge < -0.3 is 10.6 Å². The molecule has 110 valence electrons. The molecule has 0 spiro atoms. The van der Waals surface area contributed by atoms with Gasteiger partial charge in [0.1, 0.15) is 0 Å². The van der Waals surface area contributed by atoms with Crippen molar-refractivity contribution < 1.29 is 4.79 Å². The second kappa shape index (κ2) is 8.05. The number of piperidine rings is 1. The number of rotatable bonds is 6. The molecule has 1 aliphatic rings. The van der Waals surface area contributed by atoms with Gasteiger partial charge in [0.15, 0.2) is 0 Å². The number of nitrogens with one attached hydrogen (secondary N) is 2. The summed E-state index contributed by atoms with van der Waals surface area (Å²) in [6.45, 7) is 5.02. The average molecular weight is 274 g/mol. The van der Waals surface area contributed by atoms with Crippen molar-refractivity contribution in [3.63, 3.8) is 0 Å². The Morgan fingerprint density at radius 2 is 2.15 bits per heavy atom. The number of aryl methyl sites for hydroxylation is 1. The molecule has 1 heterocycles. The third-order valence-corrected chi connectivity index (χ3v) is 4.15. The van der Waals surface area contributed by atoms with Crippen LogP contribution in [0.1, 0.15) is 43.7 Å². The topological polar surface area (TPSA) is 41.1 Å². The second-order valence-corrected chi connectivity index (χ2v) is 5.65. The molecule has 3 nitrogen and oxygen atoms in total. The quantitative estimate of drug-likeness (QED) is 0.837. The minimum atomic E-state index is 0.182. The van der Waals surface area contributed by atoms with Crippen LogP contribution in [0.5, 0.6) is 0 Å². The van der Waals surface area contributed by atoms with Crippen LogP contribution in [0.2, 0.25) is 0 Å². The molecule has 0 radical (unpaired) electrons. The lowest BCUT2D eigenvalue weighted by Gasteiger charge is -2.22. The van der Waals surface area contributed by atoms with Crippen LogP contribution in [-0.2, 0) is 17.8 Å². The molecule has 1 aliphatic heterocycles. The van der Waals surface area contributed by atoms with Gasteiger partial charge in [-0.25, -0.2) is 0 Å². The summed E-state index contributed by atoms with van der Waals surface area (Å²) in [6, 6.07) is 8.33. The summed E-state index contributed by atoms with van der Waals surface area (Å²) in [4.78, 5) is 11.9. The zero-order valence-corrected chi connectivity index (χ0v) is 12.5. The summed E-state index contributed by atoms with van der Waals surface area (Å²) < 4.78 is 0. The van der Waals surface area contributed by atoms with E-state index < -0.39 is 0 Å². The molecule has 1 fully saturated rings. The second-order valence-electron chi connectivity index (χ2n) is 5.65. The van der Waals surface area contributed by atoms with Crippen molar-refractivity contribution in [1.82, 2.24) is 10.6 Å². The van der Waals surface area contributed by atoms with Gasteiger partial charge in [-0.15, -0.1) is 0 Å². The predicted molar refractivity (Wildman–Crippen MR) is 82.5 cm³/mol. The molecule has 0 saturated carbocycles. The Kier molecular flexibility index (Phi) is 6.06. The van der Waals surface area contributed by atoms with Gasteiger partial charge in [0.05, 0.1) is 0 Å². The number of carbonyl (C=O) groups is 1. The molecule has 1 amide bonds. The highest BCUT2D eigenvalue weighted by Gasteiger charge is 2.14. The van der Waals surface area contributed by atoms with E-state index in [2.05, 4.69) is 35.8 Å². The lowest BCUT2D eigenvalue weighted by atomic mass is 9.94.